The Kier molecular flexibility index (Phi) is 4.68. The molecule has 0 aliphatic carbocycles. The number of likely N-dealkylation sites (N-methyl/N-ethyl adjacent to an activating group) is 1. The predicted molar refractivity (Wildman–Crippen MR) is 89.2 cm³/mol. The van der Waals surface area contributed by atoms with Gasteiger partial charge in [-0.25, -0.2) is 0 Å². The van der Waals surface area contributed by atoms with Gasteiger partial charge in [-0.15, -0.1) is 0 Å². The highest BCUT2D eigenvalue weighted by atomic mass is 16.2. The van der Waals surface area contributed by atoms with Gasteiger partial charge in [0, 0.05) is 26.8 Å². The third-order valence-corrected chi connectivity index (χ3v) is 3.75. The number of rotatable bonds is 4. The lowest BCUT2D eigenvalue weighted by Crippen LogP contribution is -2.32. The molecule has 0 unspecified atom stereocenters. The van der Waals surface area contributed by atoms with Crippen molar-refractivity contribution >= 4 is 11.7 Å². The standard InChI is InChI=1S/C18H23N3O2/c1-18(2,3)15-8-6-13(7-9-15)11-20(4)17(23)16(22)14-10-19-21(5)12-14/h6-10,12H,11H2,1-5H3. The van der Waals surface area contributed by atoms with E-state index in [1.165, 1.54) is 21.3 Å². The average molecular weight is 313 g/mol. The molecule has 0 saturated heterocycles. The second-order valence-electron chi connectivity index (χ2n) is 6.84. The minimum atomic E-state index is -0.535. The highest BCUT2D eigenvalue weighted by Crippen LogP contribution is 2.22. The lowest BCUT2D eigenvalue weighted by Gasteiger charge is -2.20. The highest BCUT2D eigenvalue weighted by molar-refractivity contribution is 6.42. The molecule has 122 valence electrons. The molecule has 5 nitrogen and oxygen atoms in total. The van der Waals surface area contributed by atoms with Gasteiger partial charge in [-0.1, -0.05) is 45.0 Å². The Morgan fingerprint density at radius 1 is 1.17 bits per heavy atom. The number of nitrogens with zero attached hydrogens (tertiary/aromatic N) is 3. The average Bonchev–Trinajstić information content (AvgIpc) is 2.92. The third kappa shape index (κ3) is 4.06. The van der Waals surface area contributed by atoms with Crippen LogP contribution in [0.1, 0.15) is 42.3 Å². The molecule has 0 fully saturated rings. The van der Waals surface area contributed by atoms with Crippen LogP contribution >= 0.6 is 0 Å². The summed E-state index contributed by atoms with van der Waals surface area (Å²) in [5.41, 5.74) is 2.64. The van der Waals surface area contributed by atoms with Gasteiger partial charge in [0.15, 0.2) is 0 Å². The predicted octanol–water partition coefficient (Wildman–Crippen LogP) is 2.56. The van der Waals surface area contributed by atoms with Crippen LogP contribution in [0.25, 0.3) is 0 Å². The van der Waals surface area contributed by atoms with E-state index in [0.717, 1.165) is 5.56 Å². The number of carbonyl (C=O) groups excluding carboxylic acids is 2. The van der Waals surface area contributed by atoms with E-state index in [4.69, 9.17) is 0 Å². The van der Waals surface area contributed by atoms with Crippen molar-refractivity contribution in [2.45, 2.75) is 32.7 Å². The molecular formula is C18H23N3O2. The fourth-order valence-electron chi connectivity index (χ4n) is 2.29. The topological polar surface area (TPSA) is 55.2 Å². The molecule has 0 aliphatic rings. The van der Waals surface area contributed by atoms with Crippen LogP contribution in [0.5, 0.6) is 0 Å². The SMILES string of the molecule is CN(Cc1ccc(C(C)(C)C)cc1)C(=O)C(=O)c1cnn(C)c1. The van der Waals surface area contributed by atoms with Crippen LogP contribution in [0.4, 0.5) is 0 Å². The number of aryl methyl sites for hydroxylation is 1. The van der Waals surface area contributed by atoms with Crippen LogP contribution in [0.3, 0.4) is 0 Å². The Balaban J connectivity index is 2.05. The number of ketones is 1. The normalized spacial score (nSPS) is 11.3. The zero-order valence-corrected chi connectivity index (χ0v) is 14.3. The van der Waals surface area contributed by atoms with Gasteiger partial charge in [0.2, 0.25) is 0 Å². The van der Waals surface area contributed by atoms with Crippen molar-refractivity contribution in [3.8, 4) is 0 Å². The molecule has 0 spiro atoms. The minimum Gasteiger partial charge on any atom is -0.335 e. The van der Waals surface area contributed by atoms with Crippen LogP contribution in [-0.2, 0) is 23.8 Å². The van der Waals surface area contributed by atoms with Crippen molar-refractivity contribution in [1.29, 1.82) is 0 Å². The summed E-state index contributed by atoms with van der Waals surface area (Å²) in [4.78, 5) is 25.8. The monoisotopic (exact) mass is 313 g/mol. The maximum Gasteiger partial charge on any atom is 0.295 e. The number of benzene rings is 1. The molecule has 2 rings (SSSR count). The number of amides is 1. The first-order chi connectivity index (χ1) is 10.7. The second kappa shape index (κ2) is 6.36. The van der Waals surface area contributed by atoms with Gasteiger partial charge in [-0.2, -0.15) is 5.10 Å². The zero-order chi connectivity index (χ0) is 17.2. The summed E-state index contributed by atoms with van der Waals surface area (Å²) in [5.74, 6) is -1.06. The second-order valence-corrected chi connectivity index (χ2v) is 6.84. The van der Waals surface area contributed by atoms with Crippen molar-refractivity contribution in [2.75, 3.05) is 7.05 Å². The van der Waals surface area contributed by atoms with E-state index in [9.17, 15) is 9.59 Å². The Hall–Kier alpha value is -2.43. The zero-order valence-electron chi connectivity index (χ0n) is 14.3. The number of aromatic nitrogens is 2. The molecule has 0 bridgehead atoms. The van der Waals surface area contributed by atoms with Crippen molar-refractivity contribution < 1.29 is 9.59 Å². The van der Waals surface area contributed by atoms with Crippen LogP contribution < -0.4 is 0 Å². The van der Waals surface area contributed by atoms with E-state index in [2.05, 4.69) is 38.0 Å². The lowest BCUT2D eigenvalue weighted by molar-refractivity contribution is -0.125. The molecule has 1 aromatic carbocycles. The van der Waals surface area contributed by atoms with Crippen molar-refractivity contribution in [1.82, 2.24) is 14.7 Å². The van der Waals surface area contributed by atoms with Crippen molar-refractivity contribution in [3.63, 3.8) is 0 Å². The third-order valence-electron chi connectivity index (χ3n) is 3.75. The van der Waals surface area contributed by atoms with E-state index < -0.39 is 11.7 Å². The molecule has 0 aliphatic heterocycles. The van der Waals surface area contributed by atoms with Gasteiger partial charge in [-0.05, 0) is 16.5 Å². The van der Waals surface area contributed by atoms with Gasteiger partial charge >= 0.3 is 0 Å². The van der Waals surface area contributed by atoms with E-state index in [1.807, 2.05) is 12.1 Å². The fraction of sp³-hybridized carbons (Fsp3) is 0.389. The summed E-state index contributed by atoms with van der Waals surface area (Å²) in [6.45, 7) is 6.87. The van der Waals surface area contributed by atoms with Gasteiger partial charge < -0.3 is 4.90 Å². The number of Topliss-reactive ketones (excluding diaryl/α,β-unsaturated/α-hetero) is 1. The Morgan fingerprint density at radius 2 is 1.78 bits per heavy atom. The first-order valence-corrected chi connectivity index (χ1v) is 7.56. The number of carbonyl (C=O) groups is 2. The van der Waals surface area contributed by atoms with E-state index in [1.54, 1.807) is 20.3 Å². The van der Waals surface area contributed by atoms with Crippen LogP contribution in [0.15, 0.2) is 36.7 Å². The number of hydrogen-bond donors (Lipinski definition) is 0. The Bertz CT molecular complexity index is 709. The van der Waals surface area contributed by atoms with Gasteiger partial charge in [0.1, 0.15) is 0 Å². The summed E-state index contributed by atoms with van der Waals surface area (Å²) >= 11 is 0. The van der Waals surface area contributed by atoms with Gasteiger partial charge in [0.25, 0.3) is 11.7 Å². The molecule has 0 radical (unpaired) electrons. The van der Waals surface area contributed by atoms with E-state index in [-0.39, 0.29) is 5.41 Å². The largest absolute Gasteiger partial charge is 0.335 e. The van der Waals surface area contributed by atoms with Crippen LogP contribution in [0.2, 0.25) is 0 Å². The summed E-state index contributed by atoms with van der Waals surface area (Å²) in [6.07, 6.45) is 2.96. The molecule has 1 amide bonds. The Morgan fingerprint density at radius 3 is 2.26 bits per heavy atom. The lowest BCUT2D eigenvalue weighted by atomic mass is 9.87. The van der Waals surface area contributed by atoms with Crippen molar-refractivity contribution in [2.24, 2.45) is 7.05 Å². The summed E-state index contributed by atoms with van der Waals surface area (Å²) in [6, 6.07) is 8.13. The number of hydrogen-bond acceptors (Lipinski definition) is 3. The molecule has 0 atom stereocenters. The maximum absolute atomic E-state index is 12.2. The molecule has 0 saturated carbocycles. The van der Waals surface area contributed by atoms with E-state index >= 15 is 0 Å². The molecule has 1 heterocycles. The molecule has 5 heteroatoms. The first-order valence-electron chi connectivity index (χ1n) is 7.56. The fourth-order valence-corrected chi connectivity index (χ4v) is 2.29. The first kappa shape index (κ1) is 16.9. The molecule has 2 aromatic rings. The summed E-state index contributed by atoms with van der Waals surface area (Å²) in [7, 11) is 3.34. The maximum atomic E-state index is 12.2. The molecule has 0 N–H and O–H groups in total. The molecule has 1 aromatic heterocycles. The summed E-state index contributed by atoms with van der Waals surface area (Å²) < 4.78 is 1.51. The Labute approximate surface area is 136 Å². The quantitative estimate of drug-likeness (QED) is 0.644. The van der Waals surface area contributed by atoms with Gasteiger partial charge in [0.05, 0.1) is 11.8 Å². The highest BCUT2D eigenvalue weighted by Gasteiger charge is 2.22. The van der Waals surface area contributed by atoms with Crippen LogP contribution in [-0.4, -0.2) is 33.4 Å². The minimum absolute atomic E-state index is 0.0938. The molecule has 23 heavy (non-hydrogen) atoms. The molecular weight excluding hydrogens is 290 g/mol. The van der Waals surface area contributed by atoms with E-state index in [0.29, 0.717) is 12.1 Å². The van der Waals surface area contributed by atoms with Crippen molar-refractivity contribution in [3.05, 3.63) is 53.3 Å². The van der Waals surface area contributed by atoms with Gasteiger partial charge in [-0.3, -0.25) is 14.3 Å². The van der Waals surface area contributed by atoms with Crippen LogP contribution in [0, 0.1) is 0 Å². The smallest absolute Gasteiger partial charge is 0.295 e. The summed E-state index contributed by atoms with van der Waals surface area (Å²) in [5, 5.41) is 3.92.